The predicted molar refractivity (Wildman–Crippen MR) is 41.3 cm³/mol. The second-order valence-corrected chi connectivity index (χ2v) is 3.66. The molecule has 0 aromatic carbocycles. The van der Waals surface area contributed by atoms with E-state index in [1.165, 1.54) is 7.11 Å². The van der Waals surface area contributed by atoms with Crippen LogP contribution in [0, 0.1) is 17.8 Å². The molecule has 0 saturated heterocycles. The van der Waals surface area contributed by atoms with Gasteiger partial charge in [0.15, 0.2) is 0 Å². The molecule has 12 heavy (non-hydrogen) atoms. The van der Waals surface area contributed by atoms with Crippen molar-refractivity contribution in [1.29, 1.82) is 0 Å². The molecule has 2 rings (SSSR count). The summed E-state index contributed by atoms with van der Waals surface area (Å²) in [4.78, 5) is 22.5. The molecule has 2 aliphatic rings. The van der Waals surface area contributed by atoms with E-state index >= 15 is 0 Å². The number of fused-ring (bicyclic) bond motifs is 2. The third-order valence-corrected chi connectivity index (χ3v) is 3.14. The standard InChI is InChI=1S/C9H12O3/c1-12-9(11)8-5-2-3-6(8)7(10)4-5/h5-6,8H,2-4H2,1H3/t5-,6-,8-/m0/s1. The van der Waals surface area contributed by atoms with E-state index in [4.69, 9.17) is 0 Å². The Balaban J connectivity index is 2.18. The number of ketones is 1. The number of rotatable bonds is 1. The van der Waals surface area contributed by atoms with Gasteiger partial charge < -0.3 is 4.74 Å². The maximum atomic E-state index is 11.3. The van der Waals surface area contributed by atoms with E-state index in [1.54, 1.807) is 0 Å². The van der Waals surface area contributed by atoms with Crippen LogP contribution in [-0.4, -0.2) is 18.9 Å². The topological polar surface area (TPSA) is 43.4 Å². The van der Waals surface area contributed by atoms with Gasteiger partial charge in [0.25, 0.3) is 0 Å². The number of esters is 1. The minimum absolute atomic E-state index is 0.0116. The summed E-state index contributed by atoms with van der Waals surface area (Å²) in [6.07, 6.45) is 2.52. The maximum absolute atomic E-state index is 11.3. The van der Waals surface area contributed by atoms with Gasteiger partial charge in [-0.25, -0.2) is 0 Å². The number of Topliss-reactive ketones (excluding diaryl/α,β-unsaturated/α-hetero) is 1. The lowest BCUT2D eigenvalue weighted by Gasteiger charge is -2.10. The molecular weight excluding hydrogens is 156 g/mol. The van der Waals surface area contributed by atoms with Gasteiger partial charge in [-0.3, -0.25) is 9.59 Å². The fraction of sp³-hybridized carbons (Fsp3) is 0.778. The van der Waals surface area contributed by atoms with Crippen molar-refractivity contribution in [3.63, 3.8) is 0 Å². The van der Waals surface area contributed by atoms with Crippen LogP contribution in [0.2, 0.25) is 0 Å². The predicted octanol–water partition coefficient (Wildman–Crippen LogP) is 0.775. The highest BCUT2D eigenvalue weighted by Gasteiger charge is 2.51. The molecule has 0 spiro atoms. The van der Waals surface area contributed by atoms with E-state index in [2.05, 4.69) is 4.74 Å². The molecule has 0 amide bonds. The zero-order chi connectivity index (χ0) is 8.72. The second kappa shape index (κ2) is 2.57. The summed E-state index contributed by atoms with van der Waals surface area (Å²) in [6.45, 7) is 0. The van der Waals surface area contributed by atoms with Crippen molar-refractivity contribution in [2.75, 3.05) is 7.11 Å². The lowest BCUT2D eigenvalue weighted by Crippen LogP contribution is -2.21. The van der Waals surface area contributed by atoms with Crippen LogP contribution in [0.3, 0.4) is 0 Å². The molecule has 3 atom stereocenters. The van der Waals surface area contributed by atoms with Crippen LogP contribution in [0.25, 0.3) is 0 Å². The Bertz CT molecular complexity index is 234. The molecule has 0 radical (unpaired) electrons. The van der Waals surface area contributed by atoms with Crippen molar-refractivity contribution in [1.82, 2.24) is 0 Å². The molecule has 0 aliphatic heterocycles. The van der Waals surface area contributed by atoms with E-state index in [9.17, 15) is 9.59 Å². The van der Waals surface area contributed by atoms with Gasteiger partial charge in [0, 0.05) is 12.3 Å². The SMILES string of the molecule is COC(=O)[C@H]1[C@H]2CC[C@H]1C(=O)C2. The lowest BCUT2D eigenvalue weighted by atomic mass is 9.98. The second-order valence-electron chi connectivity index (χ2n) is 3.66. The quantitative estimate of drug-likeness (QED) is 0.543. The van der Waals surface area contributed by atoms with E-state index in [-0.39, 0.29) is 29.5 Å². The average Bonchev–Trinajstić information content (AvgIpc) is 2.59. The zero-order valence-electron chi connectivity index (χ0n) is 7.08. The Labute approximate surface area is 71.1 Å². The first-order chi connectivity index (χ1) is 5.74. The van der Waals surface area contributed by atoms with E-state index in [1.807, 2.05) is 0 Å². The molecule has 0 aromatic heterocycles. The van der Waals surface area contributed by atoms with Gasteiger partial charge in [-0.1, -0.05) is 0 Å². The van der Waals surface area contributed by atoms with Crippen molar-refractivity contribution in [2.45, 2.75) is 19.3 Å². The highest BCUT2D eigenvalue weighted by Crippen LogP contribution is 2.47. The Morgan fingerprint density at radius 2 is 2.25 bits per heavy atom. The first kappa shape index (κ1) is 7.77. The van der Waals surface area contributed by atoms with Gasteiger partial charge in [0.1, 0.15) is 5.78 Å². The Morgan fingerprint density at radius 3 is 2.67 bits per heavy atom. The van der Waals surface area contributed by atoms with Crippen LogP contribution in [0.15, 0.2) is 0 Å². The average molecular weight is 168 g/mol. The number of carbonyl (C=O) groups excluding carboxylic acids is 2. The smallest absolute Gasteiger partial charge is 0.309 e. The largest absolute Gasteiger partial charge is 0.469 e. The summed E-state index contributed by atoms with van der Waals surface area (Å²) < 4.78 is 4.67. The number of hydrogen-bond acceptors (Lipinski definition) is 3. The van der Waals surface area contributed by atoms with Crippen LogP contribution in [0.1, 0.15) is 19.3 Å². The first-order valence-electron chi connectivity index (χ1n) is 4.34. The van der Waals surface area contributed by atoms with Crippen LogP contribution < -0.4 is 0 Å². The molecule has 0 N–H and O–H groups in total. The molecule has 2 fully saturated rings. The van der Waals surface area contributed by atoms with Crippen molar-refractivity contribution < 1.29 is 14.3 Å². The number of ether oxygens (including phenoxy) is 1. The summed E-state index contributed by atoms with van der Waals surface area (Å²) in [5, 5.41) is 0. The van der Waals surface area contributed by atoms with Gasteiger partial charge in [-0.2, -0.15) is 0 Å². The molecule has 3 heteroatoms. The summed E-state index contributed by atoms with van der Waals surface area (Å²) in [5.74, 6) is 0.245. The number of methoxy groups -OCH3 is 1. The van der Waals surface area contributed by atoms with Gasteiger partial charge in [-0.05, 0) is 18.8 Å². The van der Waals surface area contributed by atoms with Crippen molar-refractivity contribution >= 4 is 11.8 Å². The Morgan fingerprint density at radius 1 is 1.50 bits per heavy atom. The normalized spacial score (nSPS) is 38.8. The fourth-order valence-corrected chi connectivity index (χ4v) is 2.57. The Hall–Kier alpha value is -0.860. The van der Waals surface area contributed by atoms with Gasteiger partial charge in [0.2, 0.25) is 0 Å². The summed E-state index contributed by atoms with van der Waals surface area (Å²) in [5.41, 5.74) is 0. The number of hydrogen-bond donors (Lipinski definition) is 0. The maximum Gasteiger partial charge on any atom is 0.309 e. The van der Waals surface area contributed by atoms with Gasteiger partial charge in [-0.15, -0.1) is 0 Å². The summed E-state index contributed by atoms with van der Waals surface area (Å²) in [6, 6.07) is 0. The molecule has 66 valence electrons. The minimum Gasteiger partial charge on any atom is -0.469 e. The van der Waals surface area contributed by atoms with Gasteiger partial charge in [0.05, 0.1) is 13.0 Å². The Kier molecular flexibility index (Phi) is 1.67. The molecule has 0 unspecified atom stereocenters. The van der Waals surface area contributed by atoms with E-state index < -0.39 is 0 Å². The van der Waals surface area contributed by atoms with Crippen LogP contribution in [-0.2, 0) is 14.3 Å². The van der Waals surface area contributed by atoms with Crippen LogP contribution >= 0.6 is 0 Å². The van der Waals surface area contributed by atoms with Crippen LogP contribution in [0.5, 0.6) is 0 Å². The highest BCUT2D eigenvalue weighted by molar-refractivity contribution is 5.91. The third-order valence-electron chi connectivity index (χ3n) is 3.14. The third kappa shape index (κ3) is 0.886. The molecule has 0 heterocycles. The first-order valence-corrected chi connectivity index (χ1v) is 4.34. The van der Waals surface area contributed by atoms with Crippen LogP contribution in [0.4, 0.5) is 0 Å². The molecule has 2 saturated carbocycles. The van der Waals surface area contributed by atoms with Crippen molar-refractivity contribution in [3.05, 3.63) is 0 Å². The number of carbonyl (C=O) groups is 2. The van der Waals surface area contributed by atoms with Crippen molar-refractivity contribution in [3.8, 4) is 0 Å². The zero-order valence-corrected chi connectivity index (χ0v) is 7.08. The summed E-state index contributed by atoms with van der Waals surface area (Å²) in [7, 11) is 1.39. The molecule has 2 bridgehead atoms. The molecular formula is C9H12O3. The highest BCUT2D eigenvalue weighted by atomic mass is 16.5. The van der Waals surface area contributed by atoms with Gasteiger partial charge >= 0.3 is 5.97 Å². The molecule has 0 aromatic rings. The summed E-state index contributed by atoms with van der Waals surface area (Å²) >= 11 is 0. The van der Waals surface area contributed by atoms with E-state index in [0.717, 1.165) is 12.8 Å². The fourth-order valence-electron chi connectivity index (χ4n) is 2.57. The molecule has 2 aliphatic carbocycles. The van der Waals surface area contributed by atoms with Crippen molar-refractivity contribution in [2.24, 2.45) is 17.8 Å². The van der Waals surface area contributed by atoms with E-state index in [0.29, 0.717) is 6.42 Å². The lowest BCUT2D eigenvalue weighted by molar-refractivity contribution is -0.147. The molecule has 3 nitrogen and oxygen atoms in total. The monoisotopic (exact) mass is 168 g/mol. The minimum atomic E-state index is -0.187.